The standard InChI is InChI=1S/C17H23NO8/c1-5-25-16(19)14(17(20)26-6-2)12(10-18(21)22)11-8-7-9-13(23-3)15(11)24-4/h7-9,12,14H,5-6,10H2,1-4H3/t12-/m1/s1. The van der Waals surface area contributed by atoms with E-state index in [9.17, 15) is 19.7 Å². The number of esters is 2. The Labute approximate surface area is 151 Å². The number of carbonyl (C=O) groups is 2. The minimum Gasteiger partial charge on any atom is -0.493 e. The third kappa shape index (κ3) is 5.08. The number of para-hydroxylation sites is 1. The molecule has 0 unspecified atom stereocenters. The van der Waals surface area contributed by atoms with Gasteiger partial charge in [0, 0.05) is 10.5 Å². The highest BCUT2D eigenvalue weighted by molar-refractivity contribution is 5.96. The fourth-order valence-corrected chi connectivity index (χ4v) is 2.64. The smallest absolute Gasteiger partial charge is 0.321 e. The molecule has 0 saturated heterocycles. The average Bonchev–Trinajstić information content (AvgIpc) is 2.60. The Morgan fingerprint density at radius 3 is 2.08 bits per heavy atom. The molecule has 144 valence electrons. The van der Waals surface area contributed by atoms with Crippen LogP contribution < -0.4 is 9.47 Å². The molecule has 0 fully saturated rings. The molecule has 26 heavy (non-hydrogen) atoms. The largest absolute Gasteiger partial charge is 0.493 e. The average molecular weight is 369 g/mol. The molecular weight excluding hydrogens is 346 g/mol. The van der Waals surface area contributed by atoms with Gasteiger partial charge in [-0.3, -0.25) is 19.7 Å². The van der Waals surface area contributed by atoms with Gasteiger partial charge in [0.05, 0.1) is 33.4 Å². The third-order valence-electron chi connectivity index (χ3n) is 3.66. The highest BCUT2D eigenvalue weighted by atomic mass is 16.6. The lowest BCUT2D eigenvalue weighted by Gasteiger charge is -2.24. The molecule has 1 aromatic carbocycles. The molecule has 0 aliphatic carbocycles. The summed E-state index contributed by atoms with van der Waals surface area (Å²) in [5, 5.41) is 11.2. The van der Waals surface area contributed by atoms with E-state index in [1.165, 1.54) is 14.2 Å². The maximum absolute atomic E-state index is 12.4. The van der Waals surface area contributed by atoms with Crippen molar-refractivity contribution in [1.29, 1.82) is 0 Å². The first-order valence-electron chi connectivity index (χ1n) is 8.07. The predicted octanol–water partition coefficient (Wildman–Crippen LogP) is 1.81. The van der Waals surface area contributed by atoms with Crippen LogP contribution in [0, 0.1) is 16.0 Å². The summed E-state index contributed by atoms with van der Waals surface area (Å²) < 4.78 is 20.4. The van der Waals surface area contributed by atoms with E-state index in [0.717, 1.165) is 0 Å². The normalized spacial score (nSPS) is 11.6. The lowest BCUT2D eigenvalue weighted by molar-refractivity contribution is -0.484. The van der Waals surface area contributed by atoms with Crippen molar-refractivity contribution in [3.05, 3.63) is 33.9 Å². The topological polar surface area (TPSA) is 114 Å². The van der Waals surface area contributed by atoms with Crippen molar-refractivity contribution < 1.29 is 33.5 Å². The maximum Gasteiger partial charge on any atom is 0.321 e. The van der Waals surface area contributed by atoms with Gasteiger partial charge in [-0.1, -0.05) is 12.1 Å². The van der Waals surface area contributed by atoms with Crippen LogP contribution in [0.4, 0.5) is 0 Å². The van der Waals surface area contributed by atoms with Crippen molar-refractivity contribution in [3.8, 4) is 11.5 Å². The van der Waals surface area contributed by atoms with Gasteiger partial charge in [0.1, 0.15) is 0 Å². The van der Waals surface area contributed by atoms with E-state index in [-0.39, 0.29) is 24.5 Å². The first-order chi connectivity index (χ1) is 12.4. The van der Waals surface area contributed by atoms with Crippen molar-refractivity contribution >= 4 is 11.9 Å². The van der Waals surface area contributed by atoms with Gasteiger partial charge >= 0.3 is 11.9 Å². The number of ether oxygens (including phenoxy) is 4. The summed E-state index contributed by atoms with van der Waals surface area (Å²) in [6, 6.07) is 4.74. The number of rotatable bonds is 10. The fraction of sp³-hybridized carbons (Fsp3) is 0.529. The summed E-state index contributed by atoms with van der Waals surface area (Å²) in [6.45, 7) is 2.51. The fourth-order valence-electron chi connectivity index (χ4n) is 2.64. The molecule has 0 saturated carbocycles. The van der Waals surface area contributed by atoms with Gasteiger partial charge in [-0.15, -0.1) is 0 Å². The van der Waals surface area contributed by atoms with E-state index in [1.807, 2.05) is 0 Å². The van der Waals surface area contributed by atoms with Crippen LogP contribution in [0.5, 0.6) is 11.5 Å². The number of hydrogen-bond donors (Lipinski definition) is 0. The van der Waals surface area contributed by atoms with Gasteiger partial charge in [0.15, 0.2) is 17.4 Å². The first kappa shape index (κ1) is 21.2. The molecule has 9 nitrogen and oxygen atoms in total. The molecule has 1 aromatic rings. The monoisotopic (exact) mass is 369 g/mol. The quantitative estimate of drug-likeness (QED) is 0.265. The minimum absolute atomic E-state index is 0.0230. The van der Waals surface area contributed by atoms with E-state index < -0.39 is 35.2 Å². The molecule has 0 amide bonds. The van der Waals surface area contributed by atoms with Crippen LogP contribution >= 0.6 is 0 Å². The molecule has 0 aromatic heterocycles. The number of carbonyl (C=O) groups excluding carboxylic acids is 2. The summed E-state index contributed by atoms with van der Waals surface area (Å²) >= 11 is 0. The molecule has 1 atom stereocenters. The van der Waals surface area contributed by atoms with Crippen molar-refractivity contribution in [3.63, 3.8) is 0 Å². The molecule has 0 radical (unpaired) electrons. The second-order valence-corrected chi connectivity index (χ2v) is 5.19. The lowest BCUT2D eigenvalue weighted by atomic mass is 9.85. The second kappa shape index (κ2) is 10.2. The van der Waals surface area contributed by atoms with Crippen LogP contribution in [-0.2, 0) is 19.1 Å². The second-order valence-electron chi connectivity index (χ2n) is 5.19. The summed E-state index contributed by atoms with van der Waals surface area (Å²) in [4.78, 5) is 35.4. The first-order valence-corrected chi connectivity index (χ1v) is 8.07. The van der Waals surface area contributed by atoms with Crippen LogP contribution in [0.25, 0.3) is 0 Å². The molecule has 1 rings (SSSR count). The maximum atomic E-state index is 12.4. The van der Waals surface area contributed by atoms with Crippen molar-refractivity contribution in [2.45, 2.75) is 19.8 Å². The van der Waals surface area contributed by atoms with E-state index in [0.29, 0.717) is 5.75 Å². The molecular formula is C17H23NO8. The Kier molecular flexibility index (Phi) is 8.33. The predicted molar refractivity (Wildman–Crippen MR) is 90.9 cm³/mol. The zero-order chi connectivity index (χ0) is 19.7. The van der Waals surface area contributed by atoms with Crippen molar-refractivity contribution in [2.24, 2.45) is 5.92 Å². The van der Waals surface area contributed by atoms with Gasteiger partial charge in [-0.2, -0.15) is 0 Å². The highest BCUT2D eigenvalue weighted by Crippen LogP contribution is 2.39. The summed E-state index contributed by atoms with van der Waals surface area (Å²) in [6.07, 6.45) is 0. The number of nitrogens with zero attached hydrogens (tertiary/aromatic N) is 1. The number of benzene rings is 1. The highest BCUT2D eigenvalue weighted by Gasteiger charge is 2.43. The molecule has 0 bridgehead atoms. The number of nitro groups is 1. The van der Waals surface area contributed by atoms with Crippen LogP contribution in [0.1, 0.15) is 25.3 Å². The van der Waals surface area contributed by atoms with E-state index in [1.54, 1.807) is 32.0 Å². The van der Waals surface area contributed by atoms with Gasteiger partial charge in [0.2, 0.25) is 6.54 Å². The molecule has 0 N–H and O–H groups in total. The van der Waals surface area contributed by atoms with Gasteiger partial charge in [-0.25, -0.2) is 0 Å². The zero-order valence-corrected chi connectivity index (χ0v) is 15.2. The third-order valence-corrected chi connectivity index (χ3v) is 3.66. The van der Waals surface area contributed by atoms with Gasteiger partial charge in [-0.05, 0) is 19.9 Å². The van der Waals surface area contributed by atoms with E-state index in [4.69, 9.17) is 18.9 Å². The Bertz CT molecular complexity index is 628. The summed E-state index contributed by atoms with van der Waals surface area (Å²) in [7, 11) is 2.78. The van der Waals surface area contributed by atoms with Gasteiger partial charge in [0.25, 0.3) is 0 Å². The van der Waals surface area contributed by atoms with Crippen LogP contribution in [-0.4, -0.2) is 50.8 Å². The Hall–Kier alpha value is -2.84. The summed E-state index contributed by atoms with van der Waals surface area (Å²) in [5.41, 5.74) is 0.287. The minimum atomic E-state index is -1.50. The molecule has 0 heterocycles. The number of hydrogen-bond acceptors (Lipinski definition) is 8. The van der Waals surface area contributed by atoms with Crippen molar-refractivity contribution in [1.82, 2.24) is 0 Å². The Morgan fingerprint density at radius 2 is 1.65 bits per heavy atom. The van der Waals surface area contributed by atoms with Crippen LogP contribution in [0.15, 0.2) is 18.2 Å². The number of methoxy groups -OCH3 is 2. The summed E-state index contributed by atoms with van der Waals surface area (Å²) in [5.74, 6) is -3.88. The molecule has 9 heteroatoms. The Morgan fingerprint density at radius 1 is 1.08 bits per heavy atom. The zero-order valence-electron chi connectivity index (χ0n) is 15.2. The molecule has 0 spiro atoms. The van der Waals surface area contributed by atoms with Gasteiger partial charge < -0.3 is 18.9 Å². The molecule has 0 aliphatic heterocycles. The lowest BCUT2D eigenvalue weighted by Crippen LogP contribution is -2.36. The Balaban J connectivity index is 3.52. The van der Waals surface area contributed by atoms with E-state index in [2.05, 4.69) is 0 Å². The van der Waals surface area contributed by atoms with E-state index >= 15 is 0 Å². The van der Waals surface area contributed by atoms with Crippen molar-refractivity contribution in [2.75, 3.05) is 34.0 Å². The van der Waals surface area contributed by atoms with Crippen LogP contribution in [0.2, 0.25) is 0 Å². The SMILES string of the molecule is CCOC(=O)C(C(=O)OCC)[C@H](C[N+](=O)[O-])c1cccc(OC)c1OC. The van der Waals surface area contributed by atoms with Crippen LogP contribution in [0.3, 0.4) is 0 Å². The molecule has 0 aliphatic rings.